The molecule has 2 N–H and O–H groups in total. The van der Waals surface area contributed by atoms with E-state index in [2.05, 4.69) is 21.9 Å². The van der Waals surface area contributed by atoms with Crippen molar-refractivity contribution in [2.75, 3.05) is 11.8 Å². The lowest BCUT2D eigenvalue weighted by Gasteiger charge is -2.09. The zero-order chi connectivity index (χ0) is 24.3. The number of rotatable bonds is 10. The van der Waals surface area contributed by atoms with Gasteiger partial charge in [0.2, 0.25) is 11.8 Å². The molecule has 2 aromatic carbocycles. The minimum atomic E-state index is -3.77. The first-order chi connectivity index (χ1) is 16.3. The number of hydrogen-bond acceptors (Lipinski definition) is 6. The first kappa shape index (κ1) is 23.8. The van der Waals surface area contributed by atoms with E-state index in [1.54, 1.807) is 43.3 Å². The number of benzene rings is 2. The maximum atomic E-state index is 12.7. The molecule has 8 nitrogen and oxygen atoms in total. The summed E-state index contributed by atoms with van der Waals surface area (Å²) in [6.45, 7) is 4.23. The minimum Gasteiger partial charge on any atom is -0.497 e. The first-order valence-corrected chi connectivity index (χ1v) is 12.8. The molecule has 9 heteroatoms. The third-order valence-corrected chi connectivity index (χ3v) is 7.37. The smallest absolute Gasteiger partial charge is 0.261 e. The Hall–Kier alpha value is -3.33. The molecular formula is C25H29N3O5S. The summed E-state index contributed by atoms with van der Waals surface area (Å²) in [5.41, 5.74) is 1.66. The van der Waals surface area contributed by atoms with Crippen LogP contribution >= 0.6 is 0 Å². The Kier molecular flexibility index (Phi) is 6.92. The summed E-state index contributed by atoms with van der Waals surface area (Å²) >= 11 is 0. The Bertz CT molecular complexity index is 1270. The van der Waals surface area contributed by atoms with Gasteiger partial charge in [-0.3, -0.25) is 9.52 Å². The van der Waals surface area contributed by atoms with Crippen molar-refractivity contribution >= 4 is 21.6 Å². The summed E-state index contributed by atoms with van der Waals surface area (Å²) in [5, 5.41) is 2.96. The number of nitrogens with zero attached hydrogens (tertiary/aromatic N) is 1. The number of hydrogen-bond donors (Lipinski definition) is 2. The highest BCUT2D eigenvalue weighted by molar-refractivity contribution is 7.92. The van der Waals surface area contributed by atoms with Gasteiger partial charge >= 0.3 is 0 Å². The Balaban J connectivity index is 1.44. The maximum Gasteiger partial charge on any atom is 0.261 e. The molecule has 4 rings (SSSR count). The number of sulfonamides is 1. The number of aryl methyl sites for hydroxylation is 1. The standard InChI is InChI=1S/C25H29N3O5S/c1-4-6-17-14-22(17)24(29)26-15-23-16(2)33-25(27-23)18-7-5-8-19(13-18)28-34(30,31)21-11-9-20(32-3)10-12-21/h5,7-13,17,22,28H,4,6,14-15H2,1-3H3,(H,26,29)/t17-,22+/m0/s1. The second-order valence-electron chi connectivity index (χ2n) is 8.49. The van der Waals surface area contributed by atoms with Crippen molar-refractivity contribution in [3.8, 4) is 17.2 Å². The number of anilines is 1. The summed E-state index contributed by atoms with van der Waals surface area (Å²) in [5.74, 6) is 2.23. The lowest BCUT2D eigenvalue weighted by molar-refractivity contribution is -0.122. The molecule has 0 radical (unpaired) electrons. The molecule has 3 aromatic rings. The minimum absolute atomic E-state index is 0.0670. The molecule has 1 saturated carbocycles. The zero-order valence-corrected chi connectivity index (χ0v) is 20.3. The van der Waals surface area contributed by atoms with Crippen molar-refractivity contribution in [2.45, 2.75) is 44.6 Å². The van der Waals surface area contributed by atoms with E-state index < -0.39 is 10.0 Å². The van der Waals surface area contributed by atoms with Gasteiger partial charge in [-0.2, -0.15) is 0 Å². The normalized spacial score (nSPS) is 17.3. The summed E-state index contributed by atoms with van der Waals surface area (Å²) in [6, 6.07) is 13.0. The van der Waals surface area contributed by atoms with Crippen LogP contribution in [0.25, 0.3) is 11.5 Å². The molecule has 2 atom stereocenters. The third-order valence-electron chi connectivity index (χ3n) is 5.97. The summed E-state index contributed by atoms with van der Waals surface area (Å²) < 4.78 is 39.0. The van der Waals surface area contributed by atoms with E-state index in [-0.39, 0.29) is 16.7 Å². The van der Waals surface area contributed by atoms with E-state index in [4.69, 9.17) is 9.15 Å². The Morgan fingerprint density at radius 1 is 1.21 bits per heavy atom. The average molecular weight is 484 g/mol. The second-order valence-corrected chi connectivity index (χ2v) is 10.2. The van der Waals surface area contributed by atoms with Crippen molar-refractivity contribution in [3.05, 3.63) is 60.0 Å². The number of nitrogens with one attached hydrogen (secondary N) is 2. The molecule has 1 aliphatic rings. The number of carbonyl (C=O) groups is 1. The van der Waals surface area contributed by atoms with Gasteiger partial charge in [0, 0.05) is 17.2 Å². The molecule has 180 valence electrons. The monoisotopic (exact) mass is 483 g/mol. The van der Waals surface area contributed by atoms with Gasteiger partial charge in [-0.05, 0) is 68.1 Å². The summed E-state index contributed by atoms with van der Waals surface area (Å²) in [4.78, 5) is 17.0. The van der Waals surface area contributed by atoms with E-state index in [0.717, 1.165) is 19.3 Å². The van der Waals surface area contributed by atoms with Crippen molar-refractivity contribution in [2.24, 2.45) is 11.8 Å². The average Bonchev–Trinajstić information content (AvgIpc) is 3.50. The molecule has 0 bridgehead atoms. The van der Waals surface area contributed by atoms with E-state index in [9.17, 15) is 13.2 Å². The molecule has 1 aliphatic carbocycles. The lowest BCUT2D eigenvalue weighted by atomic mass is 10.2. The van der Waals surface area contributed by atoms with Crippen molar-refractivity contribution in [1.29, 1.82) is 0 Å². The van der Waals surface area contributed by atoms with E-state index in [1.165, 1.54) is 19.2 Å². The fraction of sp³-hybridized carbons (Fsp3) is 0.360. The number of oxazole rings is 1. The number of aromatic nitrogens is 1. The molecule has 1 fully saturated rings. The van der Waals surface area contributed by atoms with Crippen LogP contribution in [0.2, 0.25) is 0 Å². The highest BCUT2D eigenvalue weighted by atomic mass is 32.2. The quantitative estimate of drug-likeness (QED) is 0.439. The highest BCUT2D eigenvalue weighted by Gasteiger charge is 2.41. The Morgan fingerprint density at radius 2 is 1.97 bits per heavy atom. The summed E-state index contributed by atoms with van der Waals surface area (Å²) in [6.07, 6.45) is 3.14. The Morgan fingerprint density at radius 3 is 2.68 bits per heavy atom. The van der Waals surface area contributed by atoms with Crippen LogP contribution in [-0.2, 0) is 21.4 Å². The number of amides is 1. The van der Waals surface area contributed by atoms with Gasteiger partial charge in [-0.25, -0.2) is 13.4 Å². The van der Waals surface area contributed by atoms with E-state index >= 15 is 0 Å². The van der Waals surface area contributed by atoms with Crippen molar-refractivity contribution < 1.29 is 22.4 Å². The maximum absolute atomic E-state index is 12.7. The Labute approximate surface area is 199 Å². The SMILES string of the molecule is CCC[C@H]1C[C@H]1C(=O)NCc1nc(-c2cccc(NS(=O)(=O)c3ccc(OC)cc3)c2)oc1C. The van der Waals surface area contributed by atoms with Gasteiger partial charge in [-0.15, -0.1) is 0 Å². The van der Waals surface area contributed by atoms with Gasteiger partial charge in [0.15, 0.2) is 0 Å². The van der Waals surface area contributed by atoms with Gasteiger partial charge < -0.3 is 14.5 Å². The van der Waals surface area contributed by atoms with Crippen molar-refractivity contribution in [1.82, 2.24) is 10.3 Å². The van der Waals surface area contributed by atoms with Crippen LogP contribution in [-0.4, -0.2) is 26.4 Å². The molecule has 34 heavy (non-hydrogen) atoms. The molecular weight excluding hydrogens is 454 g/mol. The van der Waals surface area contributed by atoms with Gasteiger partial charge in [-0.1, -0.05) is 19.4 Å². The fourth-order valence-corrected chi connectivity index (χ4v) is 5.01. The van der Waals surface area contributed by atoms with E-state index in [0.29, 0.717) is 46.8 Å². The molecule has 0 spiro atoms. The molecule has 0 saturated heterocycles. The second kappa shape index (κ2) is 9.89. The largest absolute Gasteiger partial charge is 0.497 e. The van der Waals surface area contributed by atoms with Gasteiger partial charge in [0.1, 0.15) is 17.2 Å². The predicted octanol–water partition coefficient (Wildman–Crippen LogP) is 4.51. The fourth-order valence-electron chi connectivity index (χ4n) is 3.96. The number of methoxy groups -OCH3 is 1. The van der Waals surface area contributed by atoms with Crippen LogP contribution in [0.5, 0.6) is 5.75 Å². The van der Waals surface area contributed by atoms with Crippen LogP contribution in [0.1, 0.15) is 37.6 Å². The van der Waals surface area contributed by atoms with Gasteiger partial charge in [0.25, 0.3) is 10.0 Å². The summed E-state index contributed by atoms with van der Waals surface area (Å²) in [7, 11) is -2.25. The molecule has 0 aliphatic heterocycles. The van der Waals surface area contributed by atoms with E-state index in [1.807, 2.05) is 0 Å². The number of ether oxygens (including phenoxy) is 1. The molecule has 1 amide bonds. The molecule has 0 unspecified atom stereocenters. The van der Waals surface area contributed by atoms with Crippen molar-refractivity contribution in [3.63, 3.8) is 0 Å². The van der Waals surface area contributed by atoms with Crippen LogP contribution in [0, 0.1) is 18.8 Å². The highest BCUT2D eigenvalue weighted by Crippen LogP contribution is 2.42. The van der Waals surface area contributed by atoms with Gasteiger partial charge in [0.05, 0.1) is 18.6 Å². The first-order valence-electron chi connectivity index (χ1n) is 11.3. The van der Waals surface area contributed by atoms with Crippen LogP contribution < -0.4 is 14.8 Å². The zero-order valence-electron chi connectivity index (χ0n) is 19.5. The predicted molar refractivity (Wildman–Crippen MR) is 129 cm³/mol. The lowest BCUT2D eigenvalue weighted by Crippen LogP contribution is -2.25. The van der Waals surface area contributed by atoms with Crippen LogP contribution in [0.4, 0.5) is 5.69 Å². The molecule has 1 heterocycles. The third kappa shape index (κ3) is 5.41. The van der Waals surface area contributed by atoms with Crippen LogP contribution in [0.3, 0.4) is 0 Å². The molecule has 1 aromatic heterocycles. The topological polar surface area (TPSA) is 111 Å². The van der Waals surface area contributed by atoms with Crippen LogP contribution in [0.15, 0.2) is 57.8 Å². The number of carbonyl (C=O) groups excluding carboxylic acids is 1.